The van der Waals surface area contributed by atoms with Crippen LogP contribution in [0.3, 0.4) is 0 Å². The lowest BCUT2D eigenvalue weighted by molar-refractivity contribution is 0.483. The molecule has 2 rings (SSSR count). The molecule has 0 aliphatic rings. The van der Waals surface area contributed by atoms with E-state index in [2.05, 4.69) is 10.3 Å². The van der Waals surface area contributed by atoms with Crippen LogP contribution in [0.1, 0.15) is 5.69 Å². The van der Waals surface area contributed by atoms with Crippen LogP contribution in [0.4, 0.5) is 5.69 Å². The summed E-state index contributed by atoms with van der Waals surface area (Å²) in [6.45, 7) is 0.548. The summed E-state index contributed by atoms with van der Waals surface area (Å²) >= 11 is 0. The van der Waals surface area contributed by atoms with Gasteiger partial charge in [0.25, 0.3) is 10.1 Å². The molecule has 1 heterocycles. The van der Waals surface area contributed by atoms with E-state index in [0.29, 0.717) is 6.54 Å². The molecule has 0 fully saturated rings. The number of rotatable bonds is 4. The average Bonchev–Trinajstić information content (AvgIpc) is 2.37. The van der Waals surface area contributed by atoms with Crippen molar-refractivity contribution >= 4 is 15.8 Å². The summed E-state index contributed by atoms with van der Waals surface area (Å²) in [6, 6.07) is 11.5. The molecule has 0 radical (unpaired) electrons. The molecule has 0 saturated carbocycles. The highest BCUT2D eigenvalue weighted by Gasteiger charge is 2.08. The zero-order chi connectivity index (χ0) is 13.0. The number of anilines is 1. The predicted octanol–water partition coefficient (Wildman–Crippen LogP) is 1.94. The van der Waals surface area contributed by atoms with Crippen LogP contribution in [0.15, 0.2) is 53.6 Å². The third-order valence-corrected chi connectivity index (χ3v) is 3.22. The Morgan fingerprint density at radius 1 is 1.11 bits per heavy atom. The van der Waals surface area contributed by atoms with E-state index in [9.17, 15) is 8.42 Å². The molecule has 0 unspecified atom stereocenters. The zero-order valence-corrected chi connectivity index (χ0v) is 10.3. The van der Waals surface area contributed by atoms with Gasteiger partial charge in [-0.05, 0) is 36.4 Å². The second-order valence-electron chi connectivity index (χ2n) is 3.67. The lowest BCUT2D eigenvalue weighted by atomic mass is 10.3. The van der Waals surface area contributed by atoms with Gasteiger partial charge in [0.05, 0.1) is 17.1 Å². The van der Waals surface area contributed by atoms with Gasteiger partial charge in [-0.3, -0.25) is 9.54 Å². The first-order valence-electron chi connectivity index (χ1n) is 5.27. The van der Waals surface area contributed by atoms with E-state index in [1.165, 1.54) is 12.1 Å². The fraction of sp³-hybridized carbons (Fsp3) is 0.0833. The SMILES string of the molecule is O=S(=O)(O)c1ccc(NCc2ccccn2)cc1. The van der Waals surface area contributed by atoms with Gasteiger partial charge < -0.3 is 5.32 Å². The molecule has 0 saturated heterocycles. The van der Waals surface area contributed by atoms with Crippen LogP contribution >= 0.6 is 0 Å². The summed E-state index contributed by atoms with van der Waals surface area (Å²) in [5, 5.41) is 3.10. The Balaban J connectivity index is 2.03. The van der Waals surface area contributed by atoms with Crippen molar-refractivity contribution in [3.8, 4) is 0 Å². The van der Waals surface area contributed by atoms with Crippen LogP contribution in [-0.4, -0.2) is 18.0 Å². The molecule has 0 aliphatic carbocycles. The third-order valence-electron chi connectivity index (χ3n) is 2.35. The molecule has 6 heteroatoms. The number of hydrogen-bond acceptors (Lipinski definition) is 4. The van der Waals surface area contributed by atoms with E-state index < -0.39 is 10.1 Å². The van der Waals surface area contributed by atoms with Gasteiger partial charge in [0, 0.05) is 11.9 Å². The summed E-state index contributed by atoms with van der Waals surface area (Å²) in [5.74, 6) is 0. The van der Waals surface area contributed by atoms with E-state index in [1.54, 1.807) is 18.3 Å². The fourth-order valence-corrected chi connectivity index (χ4v) is 1.92. The Bertz CT molecular complexity index is 610. The Hall–Kier alpha value is -1.92. The highest BCUT2D eigenvalue weighted by molar-refractivity contribution is 7.85. The van der Waals surface area contributed by atoms with E-state index >= 15 is 0 Å². The smallest absolute Gasteiger partial charge is 0.294 e. The van der Waals surface area contributed by atoms with Gasteiger partial charge in [-0.2, -0.15) is 8.42 Å². The molecule has 94 valence electrons. The largest absolute Gasteiger partial charge is 0.379 e. The maximum absolute atomic E-state index is 10.8. The summed E-state index contributed by atoms with van der Waals surface area (Å²) in [6.07, 6.45) is 1.71. The first-order chi connectivity index (χ1) is 8.55. The van der Waals surface area contributed by atoms with Crippen molar-refractivity contribution in [2.24, 2.45) is 0 Å². The minimum absolute atomic E-state index is 0.120. The van der Waals surface area contributed by atoms with Crippen molar-refractivity contribution in [3.63, 3.8) is 0 Å². The van der Waals surface area contributed by atoms with Crippen molar-refractivity contribution in [2.75, 3.05) is 5.32 Å². The maximum atomic E-state index is 10.8. The van der Waals surface area contributed by atoms with Gasteiger partial charge in [0.15, 0.2) is 0 Å². The monoisotopic (exact) mass is 264 g/mol. The number of nitrogens with zero attached hydrogens (tertiary/aromatic N) is 1. The lowest BCUT2D eigenvalue weighted by Crippen LogP contribution is -2.02. The molecule has 18 heavy (non-hydrogen) atoms. The molecule has 1 aromatic carbocycles. The highest BCUT2D eigenvalue weighted by Crippen LogP contribution is 2.14. The van der Waals surface area contributed by atoms with Crippen LogP contribution in [0, 0.1) is 0 Å². The van der Waals surface area contributed by atoms with Gasteiger partial charge in [0.1, 0.15) is 0 Å². The van der Waals surface area contributed by atoms with E-state index in [1.807, 2.05) is 18.2 Å². The topological polar surface area (TPSA) is 79.3 Å². The van der Waals surface area contributed by atoms with Crippen LogP contribution in [0.25, 0.3) is 0 Å². The summed E-state index contributed by atoms with van der Waals surface area (Å²) in [4.78, 5) is 4.03. The summed E-state index contributed by atoms with van der Waals surface area (Å²) in [5.41, 5.74) is 1.64. The second kappa shape index (κ2) is 5.16. The standard InChI is InChI=1S/C12H12N2O3S/c15-18(16,17)12-6-4-10(5-7-12)14-9-11-3-1-2-8-13-11/h1-8,14H,9H2,(H,15,16,17). The van der Waals surface area contributed by atoms with E-state index in [-0.39, 0.29) is 4.90 Å². The van der Waals surface area contributed by atoms with E-state index in [4.69, 9.17) is 4.55 Å². The molecular formula is C12H12N2O3S. The summed E-state index contributed by atoms with van der Waals surface area (Å²) in [7, 11) is -4.13. The van der Waals surface area contributed by atoms with Gasteiger partial charge in [-0.25, -0.2) is 0 Å². The van der Waals surface area contributed by atoms with Crippen molar-refractivity contribution < 1.29 is 13.0 Å². The Labute approximate surface area is 105 Å². The predicted molar refractivity (Wildman–Crippen MR) is 67.8 cm³/mol. The minimum atomic E-state index is -4.13. The van der Waals surface area contributed by atoms with Gasteiger partial charge in [-0.1, -0.05) is 6.07 Å². The molecule has 0 bridgehead atoms. The van der Waals surface area contributed by atoms with E-state index in [0.717, 1.165) is 11.4 Å². The Kier molecular flexibility index (Phi) is 3.59. The Morgan fingerprint density at radius 3 is 2.39 bits per heavy atom. The molecular weight excluding hydrogens is 252 g/mol. The fourth-order valence-electron chi connectivity index (χ4n) is 1.44. The molecule has 2 N–H and O–H groups in total. The quantitative estimate of drug-likeness (QED) is 0.825. The average molecular weight is 264 g/mol. The van der Waals surface area contributed by atoms with Crippen molar-refractivity contribution in [3.05, 3.63) is 54.4 Å². The molecule has 1 aromatic heterocycles. The highest BCUT2D eigenvalue weighted by atomic mass is 32.2. The molecule has 0 aliphatic heterocycles. The van der Waals surface area contributed by atoms with Crippen LogP contribution in [0.5, 0.6) is 0 Å². The number of hydrogen-bond donors (Lipinski definition) is 2. The first kappa shape index (κ1) is 12.5. The molecule has 0 atom stereocenters. The third kappa shape index (κ3) is 3.28. The van der Waals surface area contributed by atoms with Gasteiger partial charge >= 0.3 is 0 Å². The molecule has 0 spiro atoms. The molecule has 5 nitrogen and oxygen atoms in total. The van der Waals surface area contributed by atoms with Crippen molar-refractivity contribution in [1.29, 1.82) is 0 Å². The maximum Gasteiger partial charge on any atom is 0.294 e. The van der Waals surface area contributed by atoms with Gasteiger partial charge in [-0.15, -0.1) is 0 Å². The van der Waals surface area contributed by atoms with Crippen molar-refractivity contribution in [1.82, 2.24) is 4.98 Å². The van der Waals surface area contributed by atoms with Gasteiger partial charge in [0.2, 0.25) is 0 Å². The first-order valence-corrected chi connectivity index (χ1v) is 6.71. The Morgan fingerprint density at radius 2 is 1.83 bits per heavy atom. The molecule has 2 aromatic rings. The zero-order valence-electron chi connectivity index (χ0n) is 9.45. The number of nitrogens with one attached hydrogen (secondary N) is 1. The van der Waals surface area contributed by atoms with Crippen LogP contribution in [-0.2, 0) is 16.7 Å². The normalized spacial score (nSPS) is 11.2. The number of aromatic nitrogens is 1. The summed E-state index contributed by atoms with van der Waals surface area (Å²) < 4.78 is 30.5. The molecule has 0 amide bonds. The van der Waals surface area contributed by atoms with Crippen LogP contribution in [0.2, 0.25) is 0 Å². The lowest BCUT2D eigenvalue weighted by Gasteiger charge is -2.06. The van der Waals surface area contributed by atoms with Crippen LogP contribution < -0.4 is 5.32 Å². The number of pyridine rings is 1. The second-order valence-corrected chi connectivity index (χ2v) is 5.10. The minimum Gasteiger partial charge on any atom is -0.379 e. The number of benzene rings is 1. The van der Waals surface area contributed by atoms with Crippen molar-refractivity contribution in [2.45, 2.75) is 11.4 Å².